The van der Waals surface area contributed by atoms with E-state index in [1.54, 1.807) is 0 Å². The van der Waals surface area contributed by atoms with Crippen molar-refractivity contribution >= 4 is 22.2 Å². The van der Waals surface area contributed by atoms with Gasteiger partial charge in [0.05, 0.1) is 11.4 Å². The highest BCUT2D eigenvalue weighted by molar-refractivity contribution is 6.27. The van der Waals surface area contributed by atoms with Gasteiger partial charge in [-0.25, -0.2) is 4.99 Å². The summed E-state index contributed by atoms with van der Waals surface area (Å²) in [4.78, 5) is 5.09. The quantitative estimate of drug-likeness (QED) is 0.410. The van der Waals surface area contributed by atoms with Crippen LogP contribution in [0.1, 0.15) is 47.2 Å². The summed E-state index contributed by atoms with van der Waals surface area (Å²) in [6.07, 6.45) is 1.11. The van der Waals surface area contributed by atoms with Crippen LogP contribution in [0.4, 0.5) is 5.69 Å². The molecule has 0 aliphatic carbocycles. The maximum Gasteiger partial charge on any atom is 0.0789 e. The summed E-state index contributed by atoms with van der Waals surface area (Å²) in [5.41, 5.74) is 10.1. The van der Waals surface area contributed by atoms with Crippen molar-refractivity contribution in [1.82, 2.24) is 0 Å². The SMILES string of the molecule is Cc1cc(C)cc(C2=Nc3c(C)cc(CC(C)C)c4cccc2c34)c1. The van der Waals surface area contributed by atoms with E-state index < -0.39 is 0 Å². The lowest BCUT2D eigenvalue weighted by Gasteiger charge is -2.13. The molecule has 0 saturated heterocycles. The second-order valence-electron chi connectivity index (χ2n) is 7.86. The Labute approximate surface area is 150 Å². The van der Waals surface area contributed by atoms with Gasteiger partial charge in [0.15, 0.2) is 0 Å². The van der Waals surface area contributed by atoms with Crippen LogP contribution in [0, 0.1) is 26.7 Å². The molecule has 0 saturated carbocycles. The lowest BCUT2D eigenvalue weighted by atomic mass is 9.90. The minimum Gasteiger partial charge on any atom is -0.247 e. The molecule has 0 radical (unpaired) electrons. The van der Waals surface area contributed by atoms with E-state index in [-0.39, 0.29) is 0 Å². The van der Waals surface area contributed by atoms with Crippen LogP contribution in [-0.2, 0) is 6.42 Å². The average molecular weight is 327 g/mol. The van der Waals surface area contributed by atoms with E-state index in [2.05, 4.69) is 77.1 Å². The fourth-order valence-corrected chi connectivity index (χ4v) is 4.13. The van der Waals surface area contributed by atoms with E-state index >= 15 is 0 Å². The van der Waals surface area contributed by atoms with Crippen molar-refractivity contribution in [3.8, 4) is 0 Å². The monoisotopic (exact) mass is 327 g/mol. The molecule has 1 heteroatoms. The fourth-order valence-electron chi connectivity index (χ4n) is 4.13. The zero-order chi connectivity index (χ0) is 17.7. The zero-order valence-electron chi connectivity index (χ0n) is 15.8. The third-order valence-corrected chi connectivity index (χ3v) is 5.01. The lowest BCUT2D eigenvalue weighted by Crippen LogP contribution is -2.02. The van der Waals surface area contributed by atoms with E-state index in [1.165, 1.54) is 44.2 Å². The normalized spacial score (nSPS) is 13.0. The predicted octanol–water partition coefficient (Wildman–Crippen LogP) is 6.45. The van der Waals surface area contributed by atoms with Crippen LogP contribution in [0.2, 0.25) is 0 Å². The Morgan fingerprint density at radius 1 is 0.920 bits per heavy atom. The molecular formula is C24H25N. The summed E-state index contributed by atoms with van der Waals surface area (Å²) in [6, 6.07) is 15.7. The molecule has 0 atom stereocenters. The molecule has 0 spiro atoms. The molecule has 1 heterocycles. The number of hydrogen-bond acceptors (Lipinski definition) is 1. The summed E-state index contributed by atoms with van der Waals surface area (Å²) in [5.74, 6) is 0.651. The van der Waals surface area contributed by atoms with Gasteiger partial charge >= 0.3 is 0 Å². The van der Waals surface area contributed by atoms with Crippen molar-refractivity contribution in [2.75, 3.05) is 0 Å². The molecule has 3 aromatic carbocycles. The summed E-state index contributed by atoms with van der Waals surface area (Å²) in [7, 11) is 0. The molecule has 1 aliphatic rings. The molecule has 25 heavy (non-hydrogen) atoms. The molecule has 3 aromatic rings. The molecular weight excluding hydrogens is 302 g/mol. The largest absolute Gasteiger partial charge is 0.247 e. The first-order valence-electron chi connectivity index (χ1n) is 9.17. The van der Waals surface area contributed by atoms with Gasteiger partial charge in [0.2, 0.25) is 0 Å². The summed E-state index contributed by atoms with van der Waals surface area (Å²) < 4.78 is 0. The van der Waals surface area contributed by atoms with Crippen LogP contribution < -0.4 is 0 Å². The smallest absolute Gasteiger partial charge is 0.0789 e. The highest BCUT2D eigenvalue weighted by atomic mass is 14.8. The number of nitrogens with zero attached hydrogens (tertiary/aromatic N) is 1. The minimum absolute atomic E-state index is 0.651. The Morgan fingerprint density at radius 3 is 2.32 bits per heavy atom. The van der Waals surface area contributed by atoms with Crippen LogP contribution in [-0.4, -0.2) is 5.71 Å². The van der Waals surface area contributed by atoms with E-state index in [0.717, 1.165) is 17.8 Å². The van der Waals surface area contributed by atoms with Gasteiger partial charge in [-0.2, -0.15) is 0 Å². The van der Waals surface area contributed by atoms with Gasteiger partial charge in [0, 0.05) is 16.5 Å². The van der Waals surface area contributed by atoms with Crippen molar-refractivity contribution in [2.24, 2.45) is 10.9 Å². The maximum atomic E-state index is 5.09. The molecule has 4 rings (SSSR count). The Kier molecular flexibility index (Phi) is 3.76. The van der Waals surface area contributed by atoms with E-state index in [9.17, 15) is 0 Å². The van der Waals surface area contributed by atoms with Gasteiger partial charge in [-0.1, -0.05) is 55.3 Å². The van der Waals surface area contributed by atoms with Crippen LogP contribution in [0.5, 0.6) is 0 Å². The van der Waals surface area contributed by atoms with Crippen molar-refractivity contribution in [3.05, 3.63) is 75.8 Å². The lowest BCUT2D eigenvalue weighted by molar-refractivity contribution is 0.650. The van der Waals surface area contributed by atoms with Crippen LogP contribution in [0.3, 0.4) is 0 Å². The summed E-state index contributed by atoms with van der Waals surface area (Å²) in [5, 5.41) is 2.71. The molecule has 0 amide bonds. The first-order chi connectivity index (χ1) is 11.9. The Balaban J connectivity index is 1.97. The van der Waals surface area contributed by atoms with Crippen molar-refractivity contribution in [2.45, 2.75) is 41.0 Å². The minimum atomic E-state index is 0.651. The molecule has 0 unspecified atom stereocenters. The Bertz CT molecular complexity index is 1000. The molecule has 1 nitrogen and oxygen atoms in total. The zero-order valence-corrected chi connectivity index (χ0v) is 15.8. The Hall–Kier alpha value is -2.41. The Morgan fingerprint density at radius 2 is 1.64 bits per heavy atom. The standard InChI is InChI=1S/C24H25N/c1-14(2)9-18-13-17(5)23-22-20(18)7-6-8-21(22)24(25-23)19-11-15(3)10-16(4)12-19/h6-8,10-14H,9H2,1-5H3. The highest BCUT2D eigenvalue weighted by Crippen LogP contribution is 2.41. The summed E-state index contributed by atoms with van der Waals surface area (Å²) >= 11 is 0. The predicted molar refractivity (Wildman–Crippen MR) is 108 cm³/mol. The van der Waals surface area contributed by atoms with Crippen molar-refractivity contribution < 1.29 is 0 Å². The first kappa shape index (κ1) is 16.1. The number of benzene rings is 3. The van der Waals surface area contributed by atoms with Gasteiger partial charge < -0.3 is 0 Å². The van der Waals surface area contributed by atoms with Gasteiger partial charge in [-0.05, 0) is 61.8 Å². The molecule has 0 N–H and O–H groups in total. The van der Waals surface area contributed by atoms with Gasteiger partial charge in [-0.3, -0.25) is 0 Å². The fraction of sp³-hybridized carbons (Fsp3) is 0.292. The van der Waals surface area contributed by atoms with Gasteiger partial charge in [-0.15, -0.1) is 0 Å². The highest BCUT2D eigenvalue weighted by Gasteiger charge is 2.23. The van der Waals surface area contributed by atoms with E-state index in [0.29, 0.717) is 5.92 Å². The number of aryl methyl sites for hydroxylation is 3. The van der Waals surface area contributed by atoms with Gasteiger partial charge in [0.1, 0.15) is 0 Å². The summed E-state index contributed by atoms with van der Waals surface area (Å²) in [6.45, 7) is 11.1. The molecule has 0 bridgehead atoms. The second-order valence-corrected chi connectivity index (χ2v) is 7.86. The van der Waals surface area contributed by atoms with Crippen molar-refractivity contribution in [3.63, 3.8) is 0 Å². The average Bonchev–Trinajstić information content (AvgIpc) is 2.92. The first-order valence-corrected chi connectivity index (χ1v) is 9.17. The third-order valence-electron chi connectivity index (χ3n) is 5.01. The second kappa shape index (κ2) is 5.84. The van der Waals surface area contributed by atoms with Crippen LogP contribution in [0.25, 0.3) is 10.8 Å². The maximum absolute atomic E-state index is 5.09. The van der Waals surface area contributed by atoms with E-state index in [4.69, 9.17) is 4.99 Å². The van der Waals surface area contributed by atoms with Crippen LogP contribution >= 0.6 is 0 Å². The van der Waals surface area contributed by atoms with Gasteiger partial charge in [0.25, 0.3) is 0 Å². The molecule has 1 aliphatic heterocycles. The number of aliphatic imine (C=N–C) groups is 1. The van der Waals surface area contributed by atoms with E-state index in [1.807, 2.05) is 0 Å². The molecule has 0 fully saturated rings. The van der Waals surface area contributed by atoms with Crippen LogP contribution in [0.15, 0.2) is 47.5 Å². The molecule has 0 aromatic heterocycles. The third kappa shape index (κ3) is 2.68. The van der Waals surface area contributed by atoms with Crippen molar-refractivity contribution in [1.29, 1.82) is 0 Å². The topological polar surface area (TPSA) is 12.4 Å². The molecule has 126 valence electrons. The number of hydrogen-bond donors (Lipinski definition) is 0. The number of rotatable bonds is 3.